The van der Waals surface area contributed by atoms with Crippen LogP contribution in [0.1, 0.15) is 59.6 Å². The van der Waals surface area contributed by atoms with Gasteiger partial charge < -0.3 is 4.90 Å². The van der Waals surface area contributed by atoms with E-state index in [-0.39, 0.29) is 5.91 Å². The van der Waals surface area contributed by atoms with Crippen molar-refractivity contribution in [1.82, 2.24) is 24.5 Å². The number of hydrogen-bond acceptors (Lipinski definition) is 5. The fourth-order valence-corrected chi connectivity index (χ4v) is 8.07. The van der Waals surface area contributed by atoms with Crippen molar-refractivity contribution in [3.05, 3.63) is 22.6 Å². The number of hydrogen-bond donors (Lipinski definition) is 0. The van der Waals surface area contributed by atoms with Gasteiger partial charge in [0, 0.05) is 20.5 Å². The molecule has 29 heavy (non-hydrogen) atoms. The Hall–Kier alpha value is -2.02. The zero-order chi connectivity index (χ0) is 19.9. The smallest absolute Gasteiger partial charge is 0.263 e. The van der Waals surface area contributed by atoms with Crippen LogP contribution >= 0.6 is 11.3 Å². The normalized spacial score (nSPS) is 30.5. The highest BCUT2D eigenvalue weighted by Gasteiger charge is 2.51. The van der Waals surface area contributed by atoms with Crippen LogP contribution < -0.4 is 0 Å². The van der Waals surface area contributed by atoms with E-state index in [0.29, 0.717) is 5.41 Å². The molecule has 3 aromatic heterocycles. The SMILES string of the molecule is Cc1c(C(=O)N(C)C)sc2ncn3nc(CC45CC6CC(CC(C6)C4)C5)nc3c12. The van der Waals surface area contributed by atoms with Crippen LogP contribution in [0.5, 0.6) is 0 Å². The van der Waals surface area contributed by atoms with Crippen LogP contribution in [0.2, 0.25) is 0 Å². The molecule has 6 nitrogen and oxygen atoms in total. The molecule has 0 aliphatic heterocycles. The lowest BCUT2D eigenvalue weighted by molar-refractivity contribution is -0.0531. The molecule has 152 valence electrons. The third-order valence-corrected chi connectivity index (χ3v) is 8.80. The standard InChI is InChI=1S/C22H27N5OS/c1-12-17-19-24-16(10-22-7-13-4-14(8-22)6-15(5-13)9-22)25-27(19)11-23-20(17)29-18(12)21(28)26(2)3/h11,13-15H,4-10H2,1-3H3. The number of aromatic nitrogens is 4. The van der Waals surface area contributed by atoms with E-state index < -0.39 is 0 Å². The minimum Gasteiger partial charge on any atom is -0.344 e. The third kappa shape index (κ3) is 2.66. The lowest BCUT2D eigenvalue weighted by Crippen LogP contribution is -2.47. The average molecular weight is 410 g/mol. The second-order valence-corrected chi connectivity index (χ2v) is 11.1. The summed E-state index contributed by atoms with van der Waals surface area (Å²) in [5.74, 6) is 3.78. The Morgan fingerprint density at radius 2 is 1.86 bits per heavy atom. The van der Waals surface area contributed by atoms with Crippen LogP contribution in [0.15, 0.2) is 6.33 Å². The Morgan fingerprint density at radius 1 is 1.21 bits per heavy atom. The largest absolute Gasteiger partial charge is 0.344 e. The Labute approximate surface area is 174 Å². The van der Waals surface area contributed by atoms with E-state index in [1.807, 2.05) is 11.4 Å². The molecule has 0 N–H and O–H groups in total. The van der Waals surface area contributed by atoms with E-state index in [2.05, 4.69) is 4.98 Å². The predicted molar refractivity (Wildman–Crippen MR) is 113 cm³/mol. The van der Waals surface area contributed by atoms with Gasteiger partial charge >= 0.3 is 0 Å². The van der Waals surface area contributed by atoms with Crippen molar-refractivity contribution in [3.63, 3.8) is 0 Å². The molecule has 0 unspecified atom stereocenters. The molecule has 0 radical (unpaired) electrons. The summed E-state index contributed by atoms with van der Waals surface area (Å²) < 4.78 is 1.82. The first-order valence-corrected chi connectivity index (χ1v) is 11.6. The van der Waals surface area contributed by atoms with E-state index in [1.54, 1.807) is 25.3 Å². The summed E-state index contributed by atoms with van der Waals surface area (Å²) in [6.07, 6.45) is 11.2. The molecule has 3 aromatic rings. The summed E-state index contributed by atoms with van der Waals surface area (Å²) in [7, 11) is 3.58. The molecular weight excluding hydrogens is 382 g/mol. The maximum absolute atomic E-state index is 12.6. The zero-order valence-electron chi connectivity index (χ0n) is 17.3. The molecule has 4 bridgehead atoms. The van der Waals surface area contributed by atoms with E-state index in [4.69, 9.17) is 10.1 Å². The van der Waals surface area contributed by atoms with Crippen LogP contribution in [0.3, 0.4) is 0 Å². The first-order valence-electron chi connectivity index (χ1n) is 10.8. The second-order valence-electron chi connectivity index (χ2n) is 10.1. The topological polar surface area (TPSA) is 63.4 Å². The summed E-state index contributed by atoms with van der Waals surface area (Å²) >= 11 is 1.46. The molecule has 3 heterocycles. The van der Waals surface area contributed by atoms with Crippen LogP contribution in [-0.4, -0.2) is 44.5 Å². The third-order valence-electron chi connectivity index (χ3n) is 7.61. The molecule has 0 atom stereocenters. The Morgan fingerprint density at radius 3 is 2.48 bits per heavy atom. The van der Waals surface area contributed by atoms with E-state index in [9.17, 15) is 4.79 Å². The summed E-state index contributed by atoms with van der Waals surface area (Å²) in [6, 6.07) is 0. The van der Waals surface area contributed by atoms with Crippen molar-refractivity contribution >= 4 is 33.1 Å². The van der Waals surface area contributed by atoms with E-state index in [0.717, 1.165) is 56.3 Å². The first kappa shape index (κ1) is 17.8. The fourth-order valence-electron chi connectivity index (χ4n) is 6.90. The number of aryl methyl sites for hydroxylation is 1. The van der Waals surface area contributed by atoms with Crippen molar-refractivity contribution in [2.24, 2.45) is 23.2 Å². The van der Waals surface area contributed by atoms with Gasteiger partial charge in [-0.15, -0.1) is 16.4 Å². The van der Waals surface area contributed by atoms with Gasteiger partial charge in [0.25, 0.3) is 5.91 Å². The van der Waals surface area contributed by atoms with Gasteiger partial charge in [0.05, 0.1) is 10.3 Å². The van der Waals surface area contributed by atoms with Gasteiger partial charge in [-0.05, 0) is 74.2 Å². The minimum atomic E-state index is 0.0250. The number of fused-ring (bicyclic) bond motifs is 3. The number of nitrogens with zero attached hydrogens (tertiary/aromatic N) is 5. The highest BCUT2D eigenvalue weighted by molar-refractivity contribution is 7.20. The Bertz CT molecular complexity index is 1110. The van der Waals surface area contributed by atoms with Crippen LogP contribution in [0, 0.1) is 30.1 Å². The van der Waals surface area contributed by atoms with Gasteiger partial charge in [-0.3, -0.25) is 4.79 Å². The van der Waals surface area contributed by atoms with Gasteiger partial charge in [-0.25, -0.2) is 14.5 Å². The van der Waals surface area contributed by atoms with Gasteiger partial charge in [0.1, 0.15) is 11.2 Å². The maximum Gasteiger partial charge on any atom is 0.263 e. The van der Waals surface area contributed by atoms with E-state index >= 15 is 0 Å². The van der Waals surface area contributed by atoms with Crippen molar-refractivity contribution in [1.29, 1.82) is 0 Å². The van der Waals surface area contributed by atoms with Gasteiger partial charge in [-0.1, -0.05) is 0 Å². The summed E-state index contributed by atoms with van der Waals surface area (Å²) in [4.78, 5) is 25.4. The van der Waals surface area contributed by atoms with Gasteiger partial charge in [0.2, 0.25) is 0 Å². The number of amides is 1. The number of carbonyl (C=O) groups excluding carboxylic acids is 1. The van der Waals surface area contributed by atoms with Crippen LogP contribution in [-0.2, 0) is 6.42 Å². The first-order chi connectivity index (χ1) is 13.9. The Balaban J connectivity index is 1.40. The lowest BCUT2D eigenvalue weighted by atomic mass is 9.49. The number of rotatable bonds is 3. The molecular formula is C22H27N5OS. The average Bonchev–Trinajstić information content (AvgIpc) is 3.19. The minimum absolute atomic E-state index is 0.0250. The van der Waals surface area contributed by atoms with Crippen molar-refractivity contribution in [3.8, 4) is 0 Å². The van der Waals surface area contributed by atoms with Gasteiger partial charge in [-0.2, -0.15) is 0 Å². The monoisotopic (exact) mass is 409 g/mol. The second kappa shape index (κ2) is 6.00. The highest BCUT2D eigenvalue weighted by atomic mass is 32.1. The number of carbonyl (C=O) groups is 1. The summed E-state index contributed by atoms with van der Waals surface area (Å²) in [5.41, 5.74) is 2.24. The molecule has 4 aliphatic carbocycles. The number of thiophene rings is 1. The molecule has 7 heteroatoms. The van der Waals surface area contributed by atoms with Gasteiger partial charge in [0.15, 0.2) is 11.5 Å². The van der Waals surface area contributed by atoms with Crippen molar-refractivity contribution < 1.29 is 4.79 Å². The molecule has 0 spiro atoms. The molecule has 0 aromatic carbocycles. The summed E-state index contributed by atoms with van der Waals surface area (Å²) in [6.45, 7) is 2.00. The zero-order valence-corrected chi connectivity index (χ0v) is 18.1. The quantitative estimate of drug-likeness (QED) is 0.653. The molecule has 0 saturated heterocycles. The van der Waals surface area contributed by atoms with E-state index in [1.165, 1.54) is 49.9 Å². The molecule has 1 amide bonds. The fraction of sp³-hybridized carbons (Fsp3) is 0.636. The van der Waals surface area contributed by atoms with Crippen molar-refractivity contribution in [2.45, 2.75) is 51.9 Å². The van der Waals surface area contributed by atoms with Crippen LogP contribution in [0.25, 0.3) is 15.9 Å². The summed E-state index contributed by atoms with van der Waals surface area (Å²) in [5, 5.41) is 5.80. The van der Waals surface area contributed by atoms with Crippen LogP contribution in [0.4, 0.5) is 0 Å². The predicted octanol–water partition coefficient (Wildman–Crippen LogP) is 4.11. The molecule has 4 saturated carbocycles. The van der Waals surface area contributed by atoms with Crippen molar-refractivity contribution in [2.75, 3.05) is 14.1 Å². The highest BCUT2D eigenvalue weighted by Crippen LogP contribution is 2.60. The molecule has 7 rings (SSSR count). The molecule has 4 fully saturated rings. The molecule has 4 aliphatic rings. The Kier molecular flexibility index (Phi) is 3.68. The lowest BCUT2D eigenvalue weighted by Gasteiger charge is -2.56. The maximum atomic E-state index is 12.6.